The molecule has 2 fully saturated rings. The fraction of sp³-hybridized carbons (Fsp3) is 0.938. The molecule has 0 aromatic rings. The predicted octanol–water partition coefficient (Wildman–Crippen LogP) is 2.46. The lowest BCUT2D eigenvalue weighted by molar-refractivity contribution is -0.151. The Kier molecular flexibility index (Phi) is 7.99. The van der Waals surface area contributed by atoms with Gasteiger partial charge >= 0.3 is 5.97 Å². The Morgan fingerprint density at radius 2 is 2.10 bits per heavy atom. The zero-order valence-corrected chi connectivity index (χ0v) is 14.5. The second-order valence-corrected chi connectivity index (χ2v) is 6.43. The molecule has 1 saturated carbocycles. The first-order valence-corrected chi connectivity index (χ1v) is 8.23. The Labute approximate surface area is 135 Å². The zero-order valence-electron chi connectivity index (χ0n) is 13.6. The highest BCUT2D eigenvalue weighted by Crippen LogP contribution is 2.34. The molecule has 1 heterocycles. The summed E-state index contributed by atoms with van der Waals surface area (Å²) in [4.78, 5) is 14.6. The molecule has 0 spiro atoms. The molecule has 0 aromatic carbocycles. The highest BCUT2D eigenvalue weighted by atomic mass is 35.5. The van der Waals surface area contributed by atoms with Gasteiger partial charge in [-0.15, -0.1) is 12.4 Å². The predicted molar refractivity (Wildman–Crippen MR) is 87.8 cm³/mol. The smallest absolute Gasteiger partial charge is 0.309 e. The van der Waals surface area contributed by atoms with E-state index >= 15 is 0 Å². The monoisotopic (exact) mass is 318 g/mol. The summed E-state index contributed by atoms with van der Waals surface area (Å²) in [5.74, 6) is 0.587. The number of piperidine rings is 1. The van der Waals surface area contributed by atoms with Crippen LogP contribution in [-0.4, -0.2) is 49.7 Å². The van der Waals surface area contributed by atoms with Crippen LogP contribution in [0.1, 0.15) is 46.0 Å². The lowest BCUT2D eigenvalue weighted by Gasteiger charge is -2.43. The summed E-state index contributed by atoms with van der Waals surface area (Å²) in [5, 5.41) is 3.41. The van der Waals surface area contributed by atoms with Crippen molar-refractivity contribution in [1.82, 2.24) is 10.2 Å². The highest BCUT2D eigenvalue weighted by Gasteiger charge is 2.36. The molecule has 124 valence electrons. The number of hydrogen-bond donors (Lipinski definition) is 1. The molecular formula is C16H31ClN2O2. The Balaban J connectivity index is 0.00000220. The molecule has 1 aliphatic carbocycles. The third kappa shape index (κ3) is 4.83. The molecule has 0 amide bonds. The van der Waals surface area contributed by atoms with Gasteiger partial charge in [-0.25, -0.2) is 0 Å². The van der Waals surface area contributed by atoms with E-state index in [0.29, 0.717) is 24.6 Å². The number of nitrogens with zero attached hydrogens (tertiary/aromatic N) is 1. The van der Waals surface area contributed by atoms with E-state index in [4.69, 9.17) is 4.74 Å². The number of carbonyl (C=O) groups is 1. The van der Waals surface area contributed by atoms with Crippen LogP contribution in [0.2, 0.25) is 0 Å². The average molecular weight is 319 g/mol. The van der Waals surface area contributed by atoms with Crippen molar-refractivity contribution in [3.05, 3.63) is 0 Å². The number of likely N-dealkylation sites (tertiary alicyclic amines) is 1. The summed E-state index contributed by atoms with van der Waals surface area (Å²) in [6.45, 7) is 6.99. The van der Waals surface area contributed by atoms with Gasteiger partial charge in [0.2, 0.25) is 0 Å². The quantitative estimate of drug-likeness (QED) is 0.809. The molecule has 0 radical (unpaired) electrons. The van der Waals surface area contributed by atoms with E-state index in [-0.39, 0.29) is 24.3 Å². The highest BCUT2D eigenvalue weighted by molar-refractivity contribution is 5.85. The number of esters is 1. The topological polar surface area (TPSA) is 41.6 Å². The van der Waals surface area contributed by atoms with Crippen LogP contribution >= 0.6 is 12.4 Å². The Bertz CT molecular complexity index is 327. The van der Waals surface area contributed by atoms with Crippen molar-refractivity contribution < 1.29 is 9.53 Å². The van der Waals surface area contributed by atoms with Crippen LogP contribution in [0.5, 0.6) is 0 Å². The molecule has 4 atom stereocenters. The van der Waals surface area contributed by atoms with Gasteiger partial charge in [-0.2, -0.15) is 0 Å². The standard InChI is InChI=1S/C16H30N2O2.ClH/c1-4-20-16(19)15-8-7-14(10-12(15)2)18-9-5-6-13(11-18)17-3;/h12-15,17H,4-11H2,1-3H3;1H. The van der Waals surface area contributed by atoms with Crippen LogP contribution in [-0.2, 0) is 9.53 Å². The van der Waals surface area contributed by atoms with Gasteiger partial charge in [-0.3, -0.25) is 9.69 Å². The van der Waals surface area contributed by atoms with Crippen molar-refractivity contribution in [2.24, 2.45) is 11.8 Å². The first-order chi connectivity index (χ1) is 9.65. The van der Waals surface area contributed by atoms with Gasteiger partial charge in [0.25, 0.3) is 0 Å². The number of likely N-dealkylation sites (N-methyl/N-ethyl adjacent to an activating group) is 1. The van der Waals surface area contributed by atoms with Crippen molar-refractivity contribution in [2.45, 2.75) is 58.0 Å². The second kappa shape index (κ2) is 8.96. The number of nitrogens with one attached hydrogen (secondary N) is 1. The Morgan fingerprint density at radius 1 is 1.33 bits per heavy atom. The number of hydrogen-bond acceptors (Lipinski definition) is 4. The van der Waals surface area contributed by atoms with Crippen molar-refractivity contribution >= 4 is 18.4 Å². The van der Waals surface area contributed by atoms with Gasteiger partial charge in [0.15, 0.2) is 0 Å². The van der Waals surface area contributed by atoms with Crippen LogP contribution in [0, 0.1) is 11.8 Å². The molecule has 4 nitrogen and oxygen atoms in total. The van der Waals surface area contributed by atoms with Gasteiger partial charge in [0, 0.05) is 18.6 Å². The van der Waals surface area contributed by atoms with Gasteiger partial charge < -0.3 is 10.1 Å². The lowest BCUT2D eigenvalue weighted by Crippen LogP contribution is -2.51. The maximum absolute atomic E-state index is 11.9. The van der Waals surface area contributed by atoms with E-state index in [0.717, 1.165) is 25.8 Å². The molecule has 21 heavy (non-hydrogen) atoms. The maximum atomic E-state index is 11.9. The average Bonchev–Trinajstić information content (AvgIpc) is 2.47. The van der Waals surface area contributed by atoms with E-state index in [1.807, 2.05) is 6.92 Å². The number of halogens is 1. The van der Waals surface area contributed by atoms with Crippen molar-refractivity contribution in [3.8, 4) is 0 Å². The SMILES string of the molecule is CCOC(=O)C1CCC(N2CCCC(NC)C2)CC1C.Cl. The van der Waals surface area contributed by atoms with Crippen molar-refractivity contribution in [2.75, 3.05) is 26.7 Å². The molecule has 1 N–H and O–H groups in total. The summed E-state index contributed by atoms with van der Waals surface area (Å²) in [5.41, 5.74) is 0. The molecule has 1 aliphatic heterocycles. The molecule has 5 heteroatoms. The Morgan fingerprint density at radius 3 is 2.71 bits per heavy atom. The molecule has 2 rings (SSSR count). The summed E-state index contributed by atoms with van der Waals surface area (Å²) in [6, 6.07) is 1.30. The summed E-state index contributed by atoms with van der Waals surface area (Å²) in [7, 11) is 2.06. The minimum Gasteiger partial charge on any atom is -0.466 e. The summed E-state index contributed by atoms with van der Waals surface area (Å²) in [6.07, 6.45) is 5.86. The van der Waals surface area contributed by atoms with Crippen molar-refractivity contribution in [1.29, 1.82) is 0 Å². The van der Waals surface area contributed by atoms with Gasteiger partial charge in [-0.1, -0.05) is 6.92 Å². The first-order valence-electron chi connectivity index (χ1n) is 8.23. The van der Waals surface area contributed by atoms with E-state index in [1.54, 1.807) is 0 Å². The van der Waals surface area contributed by atoms with Crippen LogP contribution in [0.15, 0.2) is 0 Å². The van der Waals surface area contributed by atoms with E-state index < -0.39 is 0 Å². The van der Waals surface area contributed by atoms with Crippen LogP contribution in [0.3, 0.4) is 0 Å². The summed E-state index contributed by atoms with van der Waals surface area (Å²) < 4.78 is 5.20. The number of carbonyl (C=O) groups excluding carboxylic acids is 1. The fourth-order valence-electron chi connectivity index (χ4n) is 3.87. The van der Waals surface area contributed by atoms with E-state index in [2.05, 4.69) is 24.2 Å². The minimum absolute atomic E-state index is 0. The van der Waals surface area contributed by atoms with Crippen LogP contribution < -0.4 is 5.32 Å². The van der Waals surface area contributed by atoms with Crippen LogP contribution in [0.25, 0.3) is 0 Å². The normalized spacial score (nSPS) is 34.0. The third-order valence-electron chi connectivity index (χ3n) is 5.11. The maximum Gasteiger partial charge on any atom is 0.309 e. The third-order valence-corrected chi connectivity index (χ3v) is 5.11. The number of rotatable bonds is 4. The van der Waals surface area contributed by atoms with Crippen molar-refractivity contribution in [3.63, 3.8) is 0 Å². The van der Waals surface area contributed by atoms with E-state index in [1.165, 1.54) is 19.4 Å². The first kappa shape index (κ1) is 18.7. The second-order valence-electron chi connectivity index (χ2n) is 6.43. The largest absolute Gasteiger partial charge is 0.466 e. The molecule has 1 saturated heterocycles. The van der Waals surface area contributed by atoms with Gasteiger partial charge in [0.1, 0.15) is 0 Å². The van der Waals surface area contributed by atoms with Crippen LogP contribution in [0.4, 0.5) is 0 Å². The molecular weight excluding hydrogens is 288 g/mol. The molecule has 4 unspecified atom stereocenters. The lowest BCUT2D eigenvalue weighted by atomic mass is 9.77. The van der Waals surface area contributed by atoms with E-state index in [9.17, 15) is 4.79 Å². The van der Waals surface area contributed by atoms with Gasteiger partial charge in [0.05, 0.1) is 12.5 Å². The Hall–Kier alpha value is -0.320. The number of ether oxygens (including phenoxy) is 1. The van der Waals surface area contributed by atoms with Gasteiger partial charge in [-0.05, 0) is 58.5 Å². The zero-order chi connectivity index (χ0) is 14.5. The molecule has 0 aromatic heterocycles. The molecule has 2 aliphatic rings. The molecule has 0 bridgehead atoms. The summed E-state index contributed by atoms with van der Waals surface area (Å²) >= 11 is 0. The minimum atomic E-state index is 0. The fourth-order valence-corrected chi connectivity index (χ4v) is 3.87.